The fraction of sp³-hybridized carbons (Fsp3) is 0.167. The molecule has 0 saturated heterocycles. The predicted molar refractivity (Wildman–Crippen MR) is 90.4 cm³/mol. The summed E-state index contributed by atoms with van der Waals surface area (Å²) < 4.78 is 63.1. The SMILES string of the molecule is COc1ccccc1NC(=O)/C=C/c1ccc(OC(F)F)cc1OC(F)F. The third-order valence-corrected chi connectivity index (χ3v) is 3.21. The third kappa shape index (κ3) is 6.21. The number of para-hydroxylation sites is 2. The molecule has 0 fully saturated rings. The second kappa shape index (κ2) is 9.46. The monoisotopic (exact) mass is 385 g/mol. The van der Waals surface area contributed by atoms with Gasteiger partial charge in [-0.1, -0.05) is 12.1 Å². The number of ether oxygens (including phenoxy) is 3. The number of halogens is 4. The van der Waals surface area contributed by atoms with Gasteiger partial charge in [-0.15, -0.1) is 0 Å². The average molecular weight is 385 g/mol. The zero-order chi connectivity index (χ0) is 19.8. The molecule has 0 heterocycles. The van der Waals surface area contributed by atoms with E-state index in [1.54, 1.807) is 24.3 Å². The van der Waals surface area contributed by atoms with Crippen LogP contribution in [0.4, 0.5) is 23.2 Å². The van der Waals surface area contributed by atoms with Crippen molar-refractivity contribution in [1.82, 2.24) is 0 Å². The van der Waals surface area contributed by atoms with Gasteiger partial charge in [0.15, 0.2) is 0 Å². The van der Waals surface area contributed by atoms with Gasteiger partial charge < -0.3 is 19.5 Å². The van der Waals surface area contributed by atoms with Crippen molar-refractivity contribution in [2.24, 2.45) is 0 Å². The van der Waals surface area contributed by atoms with Crippen LogP contribution in [0.2, 0.25) is 0 Å². The maximum absolute atomic E-state index is 12.5. The van der Waals surface area contributed by atoms with Crippen LogP contribution in [0.3, 0.4) is 0 Å². The van der Waals surface area contributed by atoms with Crippen LogP contribution in [0.1, 0.15) is 5.56 Å². The molecule has 2 rings (SSSR count). The number of rotatable bonds is 8. The van der Waals surface area contributed by atoms with Crippen molar-refractivity contribution in [3.63, 3.8) is 0 Å². The molecule has 0 spiro atoms. The molecule has 0 atom stereocenters. The van der Waals surface area contributed by atoms with Crippen LogP contribution in [0.5, 0.6) is 17.2 Å². The molecule has 0 aliphatic carbocycles. The van der Waals surface area contributed by atoms with Crippen molar-refractivity contribution in [1.29, 1.82) is 0 Å². The highest BCUT2D eigenvalue weighted by Crippen LogP contribution is 2.29. The Morgan fingerprint density at radius 3 is 2.37 bits per heavy atom. The molecule has 0 aliphatic rings. The number of methoxy groups -OCH3 is 1. The first kappa shape index (κ1) is 20.1. The summed E-state index contributed by atoms with van der Waals surface area (Å²) in [5.74, 6) is -0.884. The molecule has 144 valence electrons. The fourth-order valence-corrected chi connectivity index (χ4v) is 2.11. The maximum Gasteiger partial charge on any atom is 0.387 e. The molecule has 1 N–H and O–H groups in total. The number of nitrogens with one attached hydrogen (secondary N) is 1. The standard InChI is InChI=1S/C18H15F4NO4/c1-25-14-5-3-2-4-13(14)23-16(24)9-7-11-6-8-12(26-17(19)20)10-15(11)27-18(21)22/h2-10,17-18H,1H3,(H,23,24)/b9-7+. The lowest BCUT2D eigenvalue weighted by molar-refractivity contribution is -0.111. The highest BCUT2D eigenvalue weighted by molar-refractivity contribution is 6.02. The van der Waals surface area contributed by atoms with E-state index in [0.29, 0.717) is 11.4 Å². The molecule has 5 nitrogen and oxygen atoms in total. The minimum absolute atomic E-state index is 0.0760. The van der Waals surface area contributed by atoms with Gasteiger partial charge >= 0.3 is 13.2 Å². The van der Waals surface area contributed by atoms with Crippen LogP contribution in [-0.2, 0) is 4.79 Å². The van der Waals surface area contributed by atoms with Gasteiger partial charge in [-0.25, -0.2) is 0 Å². The Morgan fingerprint density at radius 2 is 1.70 bits per heavy atom. The highest BCUT2D eigenvalue weighted by Gasteiger charge is 2.12. The Kier molecular flexibility index (Phi) is 7.04. The van der Waals surface area contributed by atoms with Gasteiger partial charge in [-0.2, -0.15) is 17.6 Å². The van der Waals surface area contributed by atoms with Gasteiger partial charge in [0.2, 0.25) is 5.91 Å². The number of amides is 1. The fourth-order valence-electron chi connectivity index (χ4n) is 2.11. The average Bonchev–Trinajstić information content (AvgIpc) is 2.60. The summed E-state index contributed by atoms with van der Waals surface area (Å²) in [6.45, 7) is -6.29. The zero-order valence-corrected chi connectivity index (χ0v) is 14.0. The molecule has 1 amide bonds. The van der Waals surface area contributed by atoms with E-state index in [9.17, 15) is 22.4 Å². The van der Waals surface area contributed by atoms with Crippen LogP contribution >= 0.6 is 0 Å². The van der Waals surface area contributed by atoms with Gasteiger partial charge in [-0.05, 0) is 30.3 Å². The Morgan fingerprint density at radius 1 is 1.00 bits per heavy atom. The molecule has 0 unspecified atom stereocenters. The van der Waals surface area contributed by atoms with Gasteiger partial charge in [0.05, 0.1) is 12.8 Å². The number of anilines is 1. The third-order valence-electron chi connectivity index (χ3n) is 3.21. The molecule has 0 aliphatic heterocycles. The molecule has 2 aromatic rings. The van der Waals surface area contributed by atoms with Crippen molar-refractivity contribution in [2.45, 2.75) is 13.2 Å². The Labute approximate surface area is 152 Å². The zero-order valence-electron chi connectivity index (χ0n) is 14.0. The Balaban J connectivity index is 2.17. The minimum Gasteiger partial charge on any atom is -0.495 e. The lowest BCUT2D eigenvalue weighted by Gasteiger charge is -2.11. The summed E-state index contributed by atoms with van der Waals surface area (Å²) in [4.78, 5) is 12.0. The van der Waals surface area contributed by atoms with Gasteiger partial charge in [0, 0.05) is 17.7 Å². The summed E-state index contributed by atoms with van der Waals surface area (Å²) in [6.07, 6.45) is 2.28. The summed E-state index contributed by atoms with van der Waals surface area (Å²) in [6, 6.07) is 9.92. The second-order valence-electron chi connectivity index (χ2n) is 4.98. The van der Waals surface area contributed by atoms with E-state index in [0.717, 1.165) is 18.2 Å². The number of hydrogen-bond acceptors (Lipinski definition) is 4. The van der Waals surface area contributed by atoms with E-state index in [-0.39, 0.29) is 11.3 Å². The molecular weight excluding hydrogens is 370 g/mol. The minimum atomic E-state index is -3.18. The lowest BCUT2D eigenvalue weighted by Crippen LogP contribution is -2.09. The number of alkyl halides is 4. The molecular formula is C18H15F4NO4. The normalized spacial score (nSPS) is 11.1. The summed E-state index contributed by atoms with van der Waals surface area (Å²) in [5.41, 5.74) is 0.492. The molecule has 9 heteroatoms. The summed E-state index contributed by atoms with van der Waals surface area (Å²) in [5, 5.41) is 2.57. The first-order chi connectivity index (χ1) is 12.9. The van der Waals surface area contributed by atoms with Crippen LogP contribution < -0.4 is 19.5 Å². The van der Waals surface area contributed by atoms with Gasteiger partial charge in [-0.3, -0.25) is 4.79 Å². The number of carbonyl (C=O) groups excluding carboxylic acids is 1. The molecule has 2 aromatic carbocycles. The van der Waals surface area contributed by atoms with E-state index in [2.05, 4.69) is 14.8 Å². The number of carbonyl (C=O) groups is 1. The Bertz CT molecular complexity index is 812. The lowest BCUT2D eigenvalue weighted by atomic mass is 10.1. The molecule has 0 aromatic heterocycles. The Hall–Kier alpha value is -3.23. The van der Waals surface area contributed by atoms with Crippen molar-refractivity contribution in [3.8, 4) is 17.2 Å². The molecule has 0 bridgehead atoms. The largest absolute Gasteiger partial charge is 0.495 e. The van der Waals surface area contributed by atoms with E-state index in [4.69, 9.17) is 4.74 Å². The first-order valence-corrected chi connectivity index (χ1v) is 7.55. The van der Waals surface area contributed by atoms with Crippen molar-refractivity contribution in [2.75, 3.05) is 12.4 Å². The van der Waals surface area contributed by atoms with E-state index >= 15 is 0 Å². The van der Waals surface area contributed by atoms with Crippen molar-refractivity contribution in [3.05, 3.63) is 54.1 Å². The molecule has 27 heavy (non-hydrogen) atoms. The number of hydrogen-bond donors (Lipinski definition) is 1. The summed E-state index contributed by atoms with van der Waals surface area (Å²) >= 11 is 0. The molecule has 0 radical (unpaired) electrons. The highest BCUT2D eigenvalue weighted by atomic mass is 19.3. The van der Waals surface area contributed by atoms with Crippen LogP contribution in [0.15, 0.2) is 48.5 Å². The van der Waals surface area contributed by atoms with Gasteiger partial charge in [0.25, 0.3) is 0 Å². The smallest absolute Gasteiger partial charge is 0.387 e. The van der Waals surface area contributed by atoms with E-state index in [1.165, 1.54) is 19.3 Å². The topological polar surface area (TPSA) is 56.8 Å². The maximum atomic E-state index is 12.5. The van der Waals surface area contributed by atoms with Crippen molar-refractivity contribution >= 4 is 17.7 Å². The van der Waals surface area contributed by atoms with E-state index in [1.807, 2.05) is 0 Å². The molecule has 0 saturated carbocycles. The van der Waals surface area contributed by atoms with Crippen molar-refractivity contribution < 1.29 is 36.6 Å². The number of benzene rings is 2. The predicted octanol–water partition coefficient (Wildman–Crippen LogP) is 4.55. The summed E-state index contributed by atoms with van der Waals surface area (Å²) in [7, 11) is 1.44. The second-order valence-corrected chi connectivity index (χ2v) is 4.98. The van der Waals surface area contributed by atoms with Crippen LogP contribution in [-0.4, -0.2) is 26.2 Å². The van der Waals surface area contributed by atoms with Gasteiger partial charge in [0.1, 0.15) is 17.2 Å². The van der Waals surface area contributed by atoms with Crippen LogP contribution in [0, 0.1) is 0 Å². The first-order valence-electron chi connectivity index (χ1n) is 7.55. The van der Waals surface area contributed by atoms with Crippen LogP contribution in [0.25, 0.3) is 6.08 Å². The quantitative estimate of drug-likeness (QED) is 0.535. The van der Waals surface area contributed by atoms with E-state index < -0.39 is 24.9 Å².